The molecule has 9 heteroatoms. The third kappa shape index (κ3) is 3.33. The fourth-order valence-corrected chi connectivity index (χ4v) is 2.45. The highest BCUT2D eigenvalue weighted by Gasteiger charge is 2.26. The van der Waals surface area contributed by atoms with Crippen molar-refractivity contribution in [3.05, 3.63) is 72.3 Å². The molecule has 2 aromatic carbocycles. The summed E-state index contributed by atoms with van der Waals surface area (Å²) in [6.07, 6.45) is 0. The van der Waals surface area contributed by atoms with Gasteiger partial charge in [-0.1, -0.05) is 29.8 Å². The number of benzene rings is 2. The number of carbonyl (C=O) groups excluding carboxylic acids is 1. The van der Waals surface area contributed by atoms with Crippen molar-refractivity contribution in [2.45, 2.75) is 13.8 Å². The molecule has 0 fully saturated rings. The van der Waals surface area contributed by atoms with E-state index in [1.807, 2.05) is 6.07 Å². The van der Waals surface area contributed by atoms with Gasteiger partial charge < -0.3 is 5.32 Å². The molecule has 2 aromatic rings. The Morgan fingerprint density at radius 3 is 2.17 bits per heavy atom. The predicted molar refractivity (Wildman–Crippen MR) is 88.6 cm³/mol. The van der Waals surface area contributed by atoms with Gasteiger partial charge in [0.2, 0.25) is 0 Å². The highest BCUT2D eigenvalue weighted by atomic mass is 35.5. The first kappa shape index (κ1) is 17.4. The zero-order valence-electron chi connectivity index (χ0n) is 12.7. The van der Waals surface area contributed by atoms with E-state index in [2.05, 4.69) is 5.32 Å². The molecular formula is C15H12ClN3O5. The number of nitrogens with one attached hydrogen (secondary N) is 1. The van der Waals surface area contributed by atoms with Crippen molar-refractivity contribution in [1.82, 2.24) is 0 Å². The maximum atomic E-state index is 12.4. The average Bonchev–Trinajstić information content (AvgIpc) is 2.50. The number of rotatable bonds is 4. The van der Waals surface area contributed by atoms with Gasteiger partial charge in [-0.25, -0.2) is 0 Å². The molecule has 2 rings (SSSR count). The third-order valence-corrected chi connectivity index (χ3v) is 3.81. The molecule has 24 heavy (non-hydrogen) atoms. The largest absolute Gasteiger partial charge is 0.321 e. The molecule has 0 radical (unpaired) electrons. The van der Waals surface area contributed by atoms with Crippen LogP contribution in [0.5, 0.6) is 0 Å². The number of halogens is 1. The van der Waals surface area contributed by atoms with Crippen LogP contribution in [0.3, 0.4) is 0 Å². The average molecular weight is 350 g/mol. The van der Waals surface area contributed by atoms with Crippen LogP contribution in [0.15, 0.2) is 30.3 Å². The number of nitrogens with zero attached hydrogens (tertiary/aromatic N) is 2. The topological polar surface area (TPSA) is 115 Å². The summed E-state index contributed by atoms with van der Waals surface area (Å²) in [4.78, 5) is 32.7. The van der Waals surface area contributed by atoms with Gasteiger partial charge in [-0.05, 0) is 25.0 Å². The fourth-order valence-electron chi connectivity index (χ4n) is 2.19. The number of non-ortho nitro benzene ring substituents is 1. The van der Waals surface area contributed by atoms with Gasteiger partial charge in [-0.15, -0.1) is 0 Å². The number of amides is 1. The maximum Gasteiger partial charge on any atom is 0.295 e. The Kier molecular flexibility index (Phi) is 4.79. The van der Waals surface area contributed by atoms with E-state index in [1.165, 1.54) is 0 Å². The van der Waals surface area contributed by atoms with E-state index in [9.17, 15) is 25.0 Å². The van der Waals surface area contributed by atoms with Crippen LogP contribution in [0.25, 0.3) is 0 Å². The third-order valence-electron chi connectivity index (χ3n) is 3.41. The van der Waals surface area contributed by atoms with Crippen LogP contribution >= 0.6 is 11.6 Å². The first-order valence-corrected chi connectivity index (χ1v) is 7.10. The summed E-state index contributed by atoms with van der Waals surface area (Å²) in [6.45, 7) is 3.56. The second-order valence-electron chi connectivity index (χ2n) is 5.06. The Bertz CT molecular complexity index is 846. The quantitative estimate of drug-likeness (QED) is 0.660. The van der Waals surface area contributed by atoms with Gasteiger partial charge in [-0.3, -0.25) is 25.0 Å². The van der Waals surface area contributed by atoms with Crippen LogP contribution < -0.4 is 5.32 Å². The fraction of sp³-hybridized carbons (Fsp3) is 0.133. The summed E-state index contributed by atoms with van der Waals surface area (Å²) in [7, 11) is 0. The normalized spacial score (nSPS) is 10.3. The van der Waals surface area contributed by atoms with Crippen LogP contribution in [0, 0.1) is 34.1 Å². The van der Waals surface area contributed by atoms with Gasteiger partial charge in [0.05, 0.1) is 21.5 Å². The summed E-state index contributed by atoms with van der Waals surface area (Å²) in [5.41, 5.74) is 0.460. The molecule has 124 valence electrons. The summed E-state index contributed by atoms with van der Waals surface area (Å²) in [5, 5.41) is 24.1. The van der Waals surface area contributed by atoms with E-state index in [0.29, 0.717) is 5.69 Å². The minimum Gasteiger partial charge on any atom is -0.321 e. The number of nitro groups is 2. The number of para-hydroxylation sites is 1. The van der Waals surface area contributed by atoms with E-state index in [-0.39, 0.29) is 5.56 Å². The van der Waals surface area contributed by atoms with Gasteiger partial charge in [0.1, 0.15) is 5.02 Å². The van der Waals surface area contributed by atoms with Crippen molar-refractivity contribution in [1.29, 1.82) is 0 Å². The Morgan fingerprint density at radius 2 is 1.67 bits per heavy atom. The number of hydrogen-bond acceptors (Lipinski definition) is 5. The number of carbonyl (C=O) groups is 1. The van der Waals surface area contributed by atoms with E-state index in [4.69, 9.17) is 11.6 Å². The standard InChI is InChI=1S/C15H12ClN3O5/c1-8-4-3-5-9(2)14(8)17-15(20)11-6-10(18(21)22)7-12(13(11)16)19(23)24/h3-7H,1-2H3,(H,17,20). The van der Waals surface area contributed by atoms with Crippen molar-refractivity contribution < 1.29 is 14.6 Å². The molecule has 0 unspecified atom stereocenters. The van der Waals surface area contributed by atoms with Crippen LogP contribution in [0.4, 0.5) is 17.1 Å². The first-order valence-electron chi connectivity index (χ1n) is 6.72. The lowest BCUT2D eigenvalue weighted by Crippen LogP contribution is -2.15. The van der Waals surface area contributed by atoms with Crippen molar-refractivity contribution in [3.8, 4) is 0 Å². The van der Waals surface area contributed by atoms with Crippen LogP contribution in [-0.4, -0.2) is 15.8 Å². The molecule has 0 aliphatic carbocycles. The van der Waals surface area contributed by atoms with Gasteiger partial charge in [0, 0.05) is 11.8 Å². The second kappa shape index (κ2) is 6.63. The van der Waals surface area contributed by atoms with E-state index in [1.54, 1.807) is 26.0 Å². The lowest BCUT2D eigenvalue weighted by Gasteiger charge is -2.12. The van der Waals surface area contributed by atoms with Gasteiger partial charge in [0.25, 0.3) is 17.3 Å². The number of nitro benzene ring substituents is 2. The lowest BCUT2D eigenvalue weighted by atomic mass is 10.1. The Labute approximate surface area is 141 Å². The molecule has 0 bridgehead atoms. The van der Waals surface area contributed by atoms with Crippen LogP contribution in [0.2, 0.25) is 5.02 Å². The Hall–Kier alpha value is -3.00. The molecular weight excluding hydrogens is 338 g/mol. The molecule has 0 spiro atoms. The molecule has 0 saturated carbocycles. The van der Waals surface area contributed by atoms with Crippen molar-refractivity contribution in [3.63, 3.8) is 0 Å². The highest BCUT2D eigenvalue weighted by molar-refractivity contribution is 6.36. The zero-order valence-corrected chi connectivity index (χ0v) is 13.5. The zero-order chi connectivity index (χ0) is 18.0. The SMILES string of the molecule is Cc1cccc(C)c1NC(=O)c1cc([N+](=O)[O-])cc([N+](=O)[O-])c1Cl. The predicted octanol–water partition coefficient (Wildman–Crippen LogP) is 4.03. The molecule has 0 aromatic heterocycles. The van der Waals surface area contributed by atoms with E-state index < -0.39 is 32.2 Å². The summed E-state index contributed by atoms with van der Waals surface area (Å²) in [5.74, 6) is -0.760. The first-order chi connectivity index (χ1) is 11.2. The van der Waals surface area contributed by atoms with Crippen molar-refractivity contribution in [2.24, 2.45) is 0 Å². The number of hydrogen-bond donors (Lipinski definition) is 1. The second-order valence-corrected chi connectivity index (χ2v) is 5.44. The summed E-state index contributed by atoms with van der Waals surface area (Å²) in [6, 6.07) is 7.00. The maximum absolute atomic E-state index is 12.4. The number of anilines is 1. The summed E-state index contributed by atoms with van der Waals surface area (Å²) >= 11 is 5.90. The molecule has 1 N–H and O–H groups in total. The molecule has 0 heterocycles. The molecule has 0 atom stereocenters. The molecule has 0 aliphatic rings. The minimum absolute atomic E-state index is 0.333. The highest BCUT2D eigenvalue weighted by Crippen LogP contribution is 2.33. The Balaban J connectivity index is 2.53. The smallest absolute Gasteiger partial charge is 0.295 e. The lowest BCUT2D eigenvalue weighted by molar-refractivity contribution is -0.394. The number of aryl methyl sites for hydroxylation is 2. The summed E-state index contributed by atoms with van der Waals surface area (Å²) < 4.78 is 0. The van der Waals surface area contributed by atoms with E-state index in [0.717, 1.165) is 23.3 Å². The van der Waals surface area contributed by atoms with Crippen LogP contribution in [-0.2, 0) is 0 Å². The molecule has 1 amide bonds. The van der Waals surface area contributed by atoms with Gasteiger partial charge >= 0.3 is 0 Å². The van der Waals surface area contributed by atoms with Gasteiger partial charge in [0.15, 0.2) is 0 Å². The van der Waals surface area contributed by atoms with Gasteiger partial charge in [-0.2, -0.15) is 0 Å². The van der Waals surface area contributed by atoms with Crippen LogP contribution in [0.1, 0.15) is 21.5 Å². The monoisotopic (exact) mass is 349 g/mol. The van der Waals surface area contributed by atoms with E-state index >= 15 is 0 Å². The molecule has 8 nitrogen and oxygen atoms in total. The molecule has 0 aliphatic heterocycles. The minimum atomic E-state index is -0.870. The van der Waals surface area contributed by atoms with Crippen molar-refractivity contribution in [2.75, 3.05) is 5.32 Å². The molecule has 0 saturated heterocycles. The van der Waals surface area contributed by atoms with Crippen molar-refractivity contribution >= 4 is 34.6 Å². The Morgan fingerprint density at radius 1 is 1.08 bits per heavy atom.